The average Bonchev–Trinajstić information content (AvgIpc) is 2.11. The van der Waals surface area contributed by atoms with Crippen molar-refractivity contribution in [3.05, 3.63) is 37.0 Å². The highest BCUT2D eigenvalue weighted by atomic mass is 16.5. The minimum atomic E-state index is 0.318. The van der Waals surface area contributed by atoms with Crippen LogP contribution in [0.5, 0.6) is 0 Å². The Morgan fingerprint density at radius 3 is 2.58 bits per heavy atom. The Morgan fingerprint density at radius 2 is 2.17 bits per heavy atom. The van der Waals surface area contributed by atoms with Gasteiger partial charge in [0.15, 0.2) is 0 Å². The van der Waals surface area contributed by atoms with Gasteiger partial charge < -0.3 is 4.74 Å². The summed E-state index contributed by atoms with van der Waals surface area (Å²) in [7, 11) is 0. The highest BCUT2D eigenvalue weighted by Crippen LogP contribution is 2.02. The first kappa shape index (κ1) is 11.2. The maximum Gasteiger partial charge on any atom is 0.0720 e. The topological polar surface area (TPSA) is 9.23 Å². The van der Waals surface area contributed by atoms with Gasteiger partial charge in [-0.15, -0.1) is 0 Å². The van der Waals surface area contributed by atoms with Crippen molar-refractivity contribution >= 4 is 0 Å². The summed E-state index contributed by atoms with van der Waals surface area (Å²) < 4.78 is 5.51. The van der Waals surface area contributed by atoms with Crippen molar-refractivity contribution in [2.45, 2.75) is 26.4 Å². The van der Waals surface area contributed by atoms with Gasteiger partial charge in [-0.1, -0.05) is 38.3 Å². The molecule has 0 fully saturated rings. The van der Waals surface area contributed by atoms with Gasteiger partial charge >= 0.3 is 0 Å². The van der Waals surface area contributed by atoms with Crippen LogP contribution in [0.25, 0.3) is 0 Å². The molecule has 0 radical (unpaired) electrons. The van der Waals surface area contributed by atoms with Gasteiger partial charge in [0.2, 0.25) is 0 Å². The third-order valence-electron chi connectivity index (χ3n) is 1.70. The normalized spacial score (nSPS) is 14.0. The molecule has 0 aromatic heterocycles. The molecule has 0 aliphatic heterocycles. The van der Waals surface area contributed by atoms with E-state index in [9.17, 15) is 0 Å². The fourth-order valence-corrected chi connectivity index (χ4v) is 0.683. The van der Waals surface area contributed by atoms with Crippen LogP contribution in [-0.4, -0.2) is 12.7 Å². The van der Waals surface area contributed by atoms with E-state index in [2.05, 4.69) is 27.0 Å². The third-order valence-corrected chi connectivity index (χ3v) is 1.70. The van der Waals surface area contributed by atoms with Crippen LogP contribution in [0.2, 0.25) is 0 Å². The third kappa shape index (κ3) is 4.91. The molecule has 0 bridgehead atoms. The van der Waals surface area contributed by atoms with Crippen LogP contribution in [0.1, 0.15) is 20.3 Å². The van der Waals surface area contributed by atoms with Crippen LogP contribution in [0, 0.1) is 0 Å². The zero-order valence-electron chi connectivity index (χ0n) is 8.05. The number of hydrogen-bond donors (Lipinski definition) is 0. The van der Waals surface area contributed by atoms with E-state index in [1.807, 2.05) is 6.08 Å². The number of rotatable bonds is 6. The van der Waals surface area contributed by atoms with Gasteiger partial charge in [-0.3, -0.25) is 0 Å². The summed E-state index contributed by atoms with van der Waals surface area (Å²) in [4.78, 5) is 0. The molecule has 68 valence electrons. The molecular weight excluding hydrogens is 148 g/mol. The molecule has 0 aliphatic carbocycles. The molecule has 1 heteroatoms. The maximum atomic E-state index is 5.51. The first-order valence-electron chi connectivity index (χ1n) is 4.30. The van der Waals surface area contributed by atoms with Gasteiger partial charge in [-0.05, 0) is 18.9 Å². The number of hydrogen-bond acceptors (Lipinski definition) is 1. The lowest BCUT2D eigenvalue weighted by atomic mass is 10.2. The van der Waals surface area contributed by atoms with Crippen LogP contribution in [0.4, 0.5) is 0 Å². The zero-order valence-corrected chi connectivity index (χ0v) is 8.05. The van der Waals surface area contributed by atoms with Gasteiger partial charge in [-0.2, -0.15) is 0 Å². The van der Waals surface area contributed by atoms with E-state index in [-0.39, 0.29) is 0 Å². The van der Waals surface area contributed by atoms with E-state index in [4.69, 9.17) is 4.74 Å². The SMILES string of the molecule is C=C/C=C(\C=C)CO[C@H](C)CC. The molecule has 0 saturated carbocycles. The van der Waals surface area contributed by atoms with Crippen molar-refractivity contribution in [3.8, 4) is 0 Å². The van der Waals surface area contributed by atoms with Crippen LogP contribution in [0.15, 0.2) is 37.0 Å². The molecule has 1 nitrogen and oxygen atoms in total. The van der Waals surface area contributed by atoms with E-state index in [0.29, 0.717) is 12.7 Å². The molecule has 0 spiro atoms. The molecule has 0 amide bonds. The Hall–Kier alpha value is -0.820. The molecule has 0 N–H and O–H groups in total. The second-order valence-electron chi connectivity index (χ2n) is 2.71. The molecule has 0 aromatic carbocycles. The smallest absolute Gasteiger partial charge is 0.0720 e. The molecule has 0 saturated heterocycles. The first-order valence-corrected chi connectivity index (χ1v) is 4.30. The predicted molar refractivity (Wildman–Crippen MR) is 54.2 cm³/mol. The van der Waals surface area contributed by atoms with Gasteiger partial charge in [0.05, 0.1) is 12.7 Å². The monoisotopic (exact) mass is 166 g/mol. The van der Waals surface area contributed by atoms with Gasteiger partial charge in [-0.25, -0.2) is 0 Å². The molecule has 12 heavy (non-hydrogen) atoms. The van der Waals surface area contributed by atoms with Crippen molar-refractivity contribution in [2.24, 2.45) is 0 Å². The fraction of sp³-hybridized carbons (Fsp3) is 0.455. The summed E-state index contributed by atoms with van der Waals surface area (Å²) in [5, 5.41) is 0. The summed E-state index contributed by atoms with van der Waals surface area (Å²) in [6.07, 6.45) is 6.81. The minimum absolute atomic E-state index is 0.318. The second kappa shape index (κ2) is 6.86. The molecule has 0 heterocycles. The van der Waals surface area contributed by atoms with Crippen molar-refractivity contribution in [1.82, 2.24) is 0 Å². The molecule has 0 rings (SSSR count). The molecule has 1 atom stereocenters. The van der Waals surface area contributed by atoms with Gasteiger partial charge in [0.1, 0.15) is 0 Å². The van der Waals surface area contributed by atoms with E-state index < -0.39 is 0 Å². The molecule has 0 aromatic rings. The minimum Gasteiger partial charge on any atom is -0.374 e. The summed E-state index contributed by atoms with van der Waals surface area (Å²) in [5.74, 6) is 0. The van der Waals surface area contributed by atoms with Gasteiger partial charge in [0, 0.05) is 0 Å². The summed E-state index contributed by atoms with van der Waals surface area (Å²) in [5.41, 5.74) is 1.07. The van der Waals surface area contributed by atoms with Crippen LogP contribution < -0.4 is 0 Å². The Kier molecular flexibility index (Phi) is 6.39. The van der Waals surface area contributed by atoms with Gasteiger partial charge in [0.25, 0.3) is 0 Å². The number of allylic oxidation sites excluding steroid dienone is 2. The average molecular weight is 166 g/mol. The highest BCUT2D eigenvalue weighted by molar-refractivity contribution is 5.21. The Balaban J connectivity index is 3.80. The highest BCUT2D eigenvalue weighted by Gasteiger charge is 1.98. The van der Waals surface area contributed by atoms with Crippen molar-refractivity contribution in [3.63, 3.8) is 0 Å². The Morgan fingerprint density at radius 1 is 1.50 bits per heavy atom. The van der Waals surface area contributed by atoms with E-state index in [1.165, 1.54) is 0 Å². The lowest BCUT2D eigenvalue weighted by molar-refractivity contribution is 0.0823. The van der Waals surface area contributed by atoms with Crippen molar-refractivity contribution in [2.75, 3.05) is 6.61 Å². The lowest BCUT2D eigenvalue weighted by Gasteiger charge is -2.10. The summed E-state index contributed by atoms with van der Waals surface area (Å²) >= 11 is 0. The first-order chi connectivity index (χ1) is 5.74. The quantitative estimate of drug-likeness (QED) is 0.551. The zero-order chi connectivity index (χ0) is 9.40. The standard InChI is InChI=1S/C11H18O/c1-5-8-11(7-3)9-12-10(4)6-2/h5,7-8,10H,1,3,6,9H2,2,4H3/b11-8+/t10-/m1/s1. The summed E-state index contributed by atoms with van der Waals surface area (Å²) in [6, 6.07) is 0. The summed E-state index contributed by atoms with van der Waals surface area (Å²) in [6.45, 7) is 12.1. The van der Waals surface area contributed by atoms with Crippen LogP contribution in [-0.2, 0) is 4.74 Å². The fourth-order valence-electron chi connectivity index (χ4n) is 0.683. The Labute approximate surface area is 75.4 Å². The van der Waals surface area contributed by atoms with Crippen LogP contribution in [0.3, 0.4) is 0 Å². The largest absolute Gasteiger partial charge is 0.374 e. The number of ether oxygens (including phenoxy) is 1. The Bertz CT molecular complexity index is 168. The maximum absolute atomic E-state index is 5.51. The molecular formula is C11H18O. The molecule has 0 aliphatic rings. The predicted octanol–water partition coefficient (Wildman–Crippen LogP) is 3.10. The van der Waals surface area contributed by atoms with Crippen molar-refractivity contribution in [1.29, 1.82) is 0 Å². The van der Waals surface area contributed by atoms with E-state index >= 15 is 0 Å². The van der Waals surface area contributed by atoms with Crippen LogP contribution >= 0.6 is 0 Å². The van der Waals surface area contributed by atoms with E-state index in [1.54, 1.807) is 12.2 Å². The van der Waals surface area contributed by atoms with E-state index in [0.717, 1.165) is 12.0 Å². The van der Waals surface area contributed by atoms with Crippen molar-refractivity contribution < 1.29 is 4.74 Å². The molecule has 0 unspecified atom stereocenters. The second-order valence-corrected chi connectivity index (χ2v) is 2.71. The lowest BCUT2D eigenvalue weighted by Crippen LogP contribution is -2.08.